The molecule has 3 aromatic carbocycles. The van der Waals surface area contributed by atoms with Gasteiger partial charge in [-0.05, 0) is 66.9 Å². The van der Waals surface area contributed by atoms with Crippen LogP contribution in [0.15, 0.2) is 64.5 Å². The maximum atomic E-state index is 13.0. The Balaban J connectivity index is 1.61. The van der Waals surface area contributed by atoms with Gasteiger partial charge in [-0.15, -0.1) is 0 Å². The minimum atomic E-state index is -0.126. The molecule has 4 aromatic rings. The number of aryl methyl sites for hydroxylation is 2. The van der Waals surface area contributed by atoms with Crippen molar-refractivity contribution in [1.29, 1.82) is 0 Å². The van der Waals surface area contributed by atoms with Crippen molar-refractivity contribution in [1.82, 2.24) is 9.55 Å². The average Bonchev–Trinajstić information content (AvgIpc) is 2.74. The van der Waals surface area contributed by atoms with Gasteiger partial charge in [0.15, 0.2) is 5.16 Å². The zero-order chi connectivity index (χ0) is 21.3. The third kappa shape index (κ3) is 3.96. The third-order valence-electron chi connectivity index (χ3n) is 5.23. The molecule has 0 saturated heterocycles. The molecule has 0 radical (unpaired) electrons. The summed E-state index contributed by atoms with van der Waals surface area (Å²) in [5, 5.41) is 6.12. The average molecular weight is 418 g/mol. The van der Waals surface area contributed by atoms with E-state index in [0.717, 1.165) is 22.0 Å². The number of fused-ring (bicyclic) bond motifs is 2. The molecule has 4 rings (SSSR count). The molecule has 0 atom stereocenters. The van der Waals surface area contributed by atoms with Gasteiger partial charge in [-0.2, -0.15) is 0 Å². The molecule has 1 N–H and O–H groups in total. The summed E-state index contributed by atoms with van der Waals surface area (Å²) in [4.78, 5) is 30.2. The highest BCUT2D eigenvalue weighted by molar-refractivity contribution is 7.99. The van der Waals surface area contributed by atoms with Gasteiger partial charge in [0, 0.05) is 12.2 Å². The van der Waals surface area contributed by atoms with Gasteiger partial charge in [-0.1, -0.05) is 42.1 Å². The molecule has 1 amide bonds. The molecule has 0 bridgehead atoms. The maximum Gasteiger partial charge on any atom is 0.262 e. The summed E-state index contributed by atoms with van der Waals surface area (Å²) < 4.78 is 1.63. The number of aromatic nitrogens is 2. The molecule has 6 heteroatoms. The number of thioether (sulfide) groups is 1. The molecule has 5 nitrogen and oxygen atoms in total. The highest BCUT2D eigenvalue weighted by atomic mass is 32.2. The molecular weight excluding hydrogens is 394 g/mol. The highest BCUT2D eigenvalue weighted by Crippen LogP contribution is 2.23. The van der Waals surface area contributed by atoms with Crippen molar-refractivity contribution < 1.29 is 4.79 Å². The molecule has 0 unspecified atom stereocenters. The van der Waals surface area contributed by atoms with E-state index >= 15 is 0 Å². The third-order valence-corrected chi connectivity index (χ3v) is 6.20. The zero-order valence-electron chi connectivity index (χ0n) is 17.2. The summed E-state index contributed by atoms with van der Waals surface area (Å²) in [6.07, 6.45) is 0. The second kappa shape index (κ2) is 8.32. The summed E-state index contributed by atoms with van der Waals surface area (Å²) in [5.41, 5.74) is 3.66. The number of hydrogen-bond donors (Lipinski definition) is 1. The molecule has 0 aliphatic rings. The molecule has 0 saturated carbocycles. The van der Waals surface area contributed by atoms with Gasteiger partial charge in [-0.3, -0.25) is 14.2 Å². The molecule has 0 aliphatic carbocycles. The zero-order valence-corrected chi connectivity index (χ0v) is 18.0. The normalized spacial score (nSPS) is 11.2. The summed E-state index contributed by atoms with van der Waals surface area (Å²) >= 11 is 1.28. The molecule has 0 fully saturated rings. The number of amides is 1. The van der Waals surface area contributed by atoms with Crippen molar-refractivity contribution in [3.05, 3.63) is 76.1 Å². The van der Waals surface area contributed by atoms with Crippen LogP contribution in [0.5, 0.6) is 0 Å². The van der Waals surface area contributed by atoms with Crippen LogP contribution < -0.4 is 10.9 Å². The first-order chi connectivity index (χ1) is 14.5. The Hall–Kier alpha value is -3.12. The SMILES string of the molecule is CCn1c(SCC(=O)Nc2ccc(C)c(C)c2)nc2cc3ccccc3cc2c1=O. The van der Waals surface area contributed by atoms with Crippen LogP contribution in [0.1, 0.15) is 18.1 Å². The van der Waals surface area contributed by atoms with Gasteiger partial charge < -0.3 is 5.32 Å². The lowest BCUT2D eigenvalue weighted by atomic mass is 10.1. The van der Waals surface area contributed by atoms with Crippen LogP contribution in [0.4, 0.5) is 5.69 Å². The van der Waals surface area contributed by atoms with Crippen LogP contribution in [0.25, 0.3) is 21.7 Å². The molecule has 30 heavy (non-hydrogen) atoms. The van der Waals surface area contributed by atoms with Crippen LogP contribution in [-0.4, -0.2) is 21.2 Å². The van der Waals surface area contributed by atoms with Gasteiger partial charge in [0.2, 0.25) is 5.91 Å². The fraction of sp³-hybridized carbons (Fsp3) is 0.208. The topological polar surface area (TPSA) is 64.0 Å². The lowest BCUT2D eigenvalue weighted by Crippen LogP contribution is -2.23. The molecule has 0 aliphatic heterocycles. The molecule has 1 aromatic heterocycles. The van der Waals surface area contributed by atoms with Crippen LogP contribution in [0.3, 0.4) is 0 Å². The van der Waals surface area contributed by atoms with E-state index < -0.39 is 0 Å². The summed E-state index contributed by atoms with van der Waals surface area (Å²) in [6, 6.07) is 17.6. The first-order valence-electron chi connectivity index (χ1n) is 9.89. The number of carbonyl (C=O) groups excluding carboxylic acids is 1. The Kier molecular flexibility index (Phi) is 5.59. The standard InChI is InChI=1S/C24H23N3O2S/c1-4-27-23(29)20-12-17-7-5-6-8-18(17)13-21(20)26-24(27)30-14-22(28)25-19-10-9-15(2)16(3)11-19/h5-13H,4,14H2,1-3H3,(H,25,28). The van der Waals surface area contributed by atoms with Crippen molar-refractivity contribution >= 4 is 45.0 Å². The maximum absolute atomic E-state index is 13.0. The van der Waals surface area contributed by atoms with Crippen molar-refractivity contribution in [2.45, 2.75) is 32.5 Å². The minimum absolute atomic E-state index is 0.0784. The Labute approximate surface area is 179 Å². The molecule has 152 valence electrons. The smallest absolute Gasteiger partial charge is 0.262 e. The van der Waals surface area contributed by atoms with Gasteiger partial charge in [0.05, 0.1) is 16.7 Å². The van der Waals surface area contributed by atoms with E-state index in [0.29, 0.717) is 22.6 Å². The quantitative estimate of drug-likeness (QED) is 0.284. The predicted molar refractivity (Wildman–Crippen MR) is 124 cm³/mol. The van der Waals surface area contributed by atoms with E-state index in [1.165, 1.54) is 17.3 Å². The molecular formula is C24H23N3O2S. The highest BCUT2D eigenvalue weighted by Gasteiger charge is 2.13. The Morgan fingerprint density at radius 1 is 1.03 bits per heavy atom. The van der Waals surface area contributed by atoms with Crippen molar-refractivity contribution in [2.75, 3.05) is 11.1 Å². The van der Waals surface area contributed by atoms with E-state index in [2.05, 4.69) is 5.32 Å². The van der Waals surface area contributed by atoms with Crippen LogP contribution in [0, 0.1) is 13.8 Å². The van der Waals surface area contributed by atoms with Gasteiger partial charge in [0.1, 0.15) is 0 Å². The second-order valence-corrected chi connectivity index (χ2v) is 8.24. The summed E-state index contributed by atoms with van der Waals surface area (Å²) in [5.74, 6) is 0.0529. The Bertz CT molecular complexity index is 1330. The van der Waals surface area contributed by atoms with Crippen LogP contribution >= 0.6 is 11.8 Å². The monoisotopic (exact) mass is 417 g/mol. The van der Waals surface area contributed by atoms with Crippen LogP contribution in [-0.2, 0) is 11.3 Å². The van der Waals surface area contributed by atoms with E-state index in [4.69, 9.17) is 4.98 Å². The number of rotatable bonds is 5. The van der Waals surface area contributed by atoms with E-state index in [9.17, 15) is 9.59 Å². The first kappa shape index (κ1) is 20.2. The Morgan fingerprint density at radius 3 is 2.47 bits per heavy atom. The molecule has 0 spiro atoms. The number of anilines is 1. The molecule has 1 heterocycles. The number of hydrogen-bond acceptors (Lipinski definition) is 4. The van der Waals surface area contributed by atoms with Crippen molar-refractivity contribution in [2.24, 2.45) is 0 Å². The van der Waals surface area contributed by atoms with Gasteiger partial charge in [-0.25, -0.2) is 4.98 Å². The first-order valence-corrected chi connectivity index (χ1v) is 10.9. The lowest BCUT2D eigenvalue weighted by Gasteiger charge is -2.12. The van der Waals surface area contributed by atoms with E-state index in [1.54, 1.807) is 4.57 Å². The van der Waals surface area contributed by atoms with Gasteiger partial charge >= 0.3 is 0 Å². The van der Waals surface area contributed by atoms with E-state index in [-0.39, 0.29) is 17.2 Å². The summed E-state index contributed by atoms with van der Waals surface area (Å²) in [7, 11) is 0. The number of benzene rings is 3. The largest absolute Gasteiger partial charge is 0.325 e. The number of nitrogens with one attached hydrogen (secondary N) is 1. The van der Waals surface area contributed by atoms with E-state index in [1.807, 2.05) is 75.4 Å². The minimum Gasteiger partial charge on any atom is -0.325 e. The van der Waals surface area contributed by atoms with Crippen LogP contribution in [0.2, 0.25) is 0 Å². The van der Waals surface area contributed by atoms with Gasteiger partial charge in [0.25, 0.3) is 5.56 Å². The predicted octanol–water partition coefficient (Wildman–Crippen LogP) is 4.92. The second-order valence-electron chi connectivity index (χ2n) is 7.30. The van der Waals surface area contributed by atoms with Crippen molar-refractivity contribution in [3.8, 4) is 0 Å². The Morgan fingerprint density at radius 2 is 1.77 bits per heavy atom. The summed E-state index contributed by atoms with van der Waals surface area (Å²) in [6.45, 7) is 6.46. The fourth-order valence-corrected chi connectivity index (χ4v) is 4.29. The fourth-order valence-electron chi connectivity index (χ4n) is 3.42. The lowest BCUT2D eigenvalue weighted by molar-refractivity contribution is -0.113. The number of nitrogens with zero attached hydrogens (tertiary/aromatic N) is 2. The van der Waals surface area contributed by atoms with Crippen molar-refractivity contribution in [3.63, 3.8) is 0 Å². The number of carbonyl (C=O) groups is 1.